The Morgan fingerprint density at radius 2 is 2.19 bits per heavy atom. The molecule has 4 nitrogen and oxygen atoms in total. The van der Waals surface area contributed by atoms with Gasteiger partial charge in [-0.05, 0) is 25.5 Å². The lowest BCUT2D eigenvalue weighted by molar-refractivity contribution is 0.206. The van der Waals surface area contributed by atoms with E-state index in [9.17, 15) is 4.39 Å². The second-order valence-corrected chi connectivity index (χ2v) is 5.40. The molecule has 0 aliphatic carbocycles. The summed E-state index contributed by atoms with van der Waals surface area (Å²) in [6.07, 6.45) is 7.28. The van der Waals surface area contributed by atoms with E-state index in [2.05, 4.69) is 20.2 Å². The summed E-state index contributed by atoms with van der Waals surface area (Å²) in [6, 6.07) is 7.33. The summed E-state index contributed by atoms with van der Waals surface area (Å²) in [5.41, 5.74) is 0.762. The van der Waals surface area contributed by atoms with Gasteiger partial charge in [-0.25, -0.2) is 9.37 Å². The average molecular weight is 286 g/mol. The van der Waals surface area contributed by atoms with Crippen LogP contribution in [0.25, 0.3) is 0 Å². The molecule has 1 N–H and O–H groups in total. The molecule has 1 aromatic carbocycles. The Morgan fingerprint density at radius 3 is 3.00 bits per heavy atom. The SMILES string of the molecule is Fc1ccccc1CN1CCC[C@H](Nc2cnccn2)C1. The molecule has 0 bridgehead atoms. The number of halogens is 1. The predicted octanol–water partition coefficient (Wildman–Crippen LogP) is 2.69. The molecule has 21 heavy (non-hydrogen) atoms. The second kappa shape index (κ2) is 6.63. The molecule has 0 spiro atoms. The van der Waals surface area contributed by atoms with Gasteiger partial charge in [0.15, 0.2) is 0 Å². The normalized spacial score (nSPS) is 19.4. The van der Waals surface area contributed by atoms with Crippen molar-refractivity contribution in [1.82, 2.24) is 14.9 Å². The minimum absolute atomic E-state index is 0.124. The van der Waals surface area contributed by atoms with E-state index >= 15 is 0 Å². The van der Waals surface area contributed by atoms with Gasteiger partial charge in [0.1, 0.15) is 11.6 Å². The molecule has 3 rings (SSSR count). The third-order valence-corrected chi connectivity index (χ3v) is 3.77. The second-order valence-electron chi connectivity index (χ2n) is 5.40. The maximum Gasteiger partial charge on any atom is 0.144 e. The van der Waals surface area contributed by atoms with Gasteiger partial charge in [0.25, 0.3) is 0 Å². The van der Waals surface area contributed by atoms with Crippen LogP contribution in [0.5, 0.6) is 0 Å². The fraction of sp³-hybridized carbons (Fsp3) is 0.375. The standard InChI is InChI=1S/C16H19FN4/c17-15-6-2-1-4-13(15)11-21-9-3-5-14(12-21)20-16-10-18-7-8-19-16/h1-2,4,6-8,10,14H,3,5,9,11-12H2,(H,19,20)/t14-/m0/s1. The number of hydrogen-bond donors (Lipinski definition) is 1. The molecule has 1 aliphatic heterocycles. The van der Waals surface area contributed by atoms with E-state index < -0.39 is 0 Å². The van der Waals surface area contributed by atoms with E-state index in [1.54, 1.807) is 24.7 Å². The molecule has 2 aromatic rings. The molecule has 1 aliphatic rings. The van der Waals surface area contributed by atoms with Gasteiger partial charge >= 0.3 is 0 Å². The van der Waals surface area contributed by atoms with Crippen molar-refractivity contribution in [3.8, 4) is 0 Å². The Bertz CT molecular complexity index is 575. The van der Waals surface area contributed by atoms with E-state index in [-0.39, 0.29) is 5.82 Å². The van der Waals surface area contributed by atoms with Crippen molar-refractivity contribution in [3.63, 3.8) is 0 Å². The molecule has 0 radical (unpaired) electrons. The maximum absolute atomic E-state index is 13.7. The Kier molecular flexibility index (Phi) is 4.40. The zero-order chi connectivity index (χ0) is 14.5. The highest BCUT2D eigenvalue weighted by atomic mass is 19.1. The van der Waals surface area contributed by atoms with Crippen LogP contribution in [0.1, 0.15) is 18.4 Å². The first kappa shape index (κ1) is 13.9. The minimum Gasteiger partial charge on any atom is -0.365 e. The highest BCUT2D eigenvalue weighted by molar-refractivity contribution is 5.31. The van der Waals surface area contributed by atoms with Crippen LogP contribution >= 0.6 is 0 Å². The molecule has 0 amide bonds. The lowest BCUT2D eigenvalue weighted by Crippen LogP contribution is -2.41. The van der Waals surface area contributed by atoms with E-state index in [1.807, 2.05) is 12.1 Å². The molecule has 1 aromatic heterocycles. The highest BCUT2D eigenvalue weighted by Crippen LogP contribution is 2.17. The van der Waals surface area contributed by atoms with Crippen molar-refractivity contribution in [3.05, 3.63) is 54.2 Å². The van der Waals surface area contributed by atoms with Crippen LogP contribution in [0.2, 0.25) is 0 Å². The van der Waals surface area contributed by atoms with Crippen molar-refractivity contribution < 1.29 is 4.39 Å². The third kappa shape index (κ3) is 3.76. The molecule has 110 valence electrons. The smallest absolute Gasteiger partial charge is 0.144 e. The number of benzene rings is 1. The zero-order valence-electron chi connectivity index (χ0n) is 11.9. The van der Waals surface area contributed by atoms with Gasteiger partial charge in [0.2, 0.25) is 0 Å². The fourth-order valence-electron chi connectivity index (χ4n) is 2.77. The number of likely N-dealkylation sites (tertiary alicyclic amines) is 1. The van der Waals surface area contributed by atoms with Crippen molar-refractivity contribution >= 4 is 5.82 Å². The molecule has 1 fully saturated rings. The van der Waals surface area contributed by atoms with Gasteiger partial charge in [-0.3, -0.25) is 9.88 Å². The number of nitrogens with one attached hydrogen (secondary N) is 1. The van der Waals surface area contributed by atoms with E-state index in [0.717, 1.165) is 37.3 Å². The van der Waals surface area contributed by atoms with Crippen LogP contribution in [-0.2, 0) is 6.54 Å². The molecule has 2 heterocycles. The van der Waals surface area contributed by atoms with Crippen LogP contribution in [0.4, 0.5) is 10.2 Å². The summed E-state index contributed by atoms with van der Waals surface area (Å²) in [4.78, 5) is 10.6. The number of piperidine rings is 1. The summed E-state index contributed by atoms with van der Waals surface area (Å²) >= 11 is 0. The summed E-state index contributed by atoms with van der Waals surface area (Å²) in [7, 11) is 0. The molecule has 1 saturated heterocycles. The Balaban J connectivity index is 1.60. The van der Waals surface area contributed by atoms with E-state index in [1.165, 1.54) is 6.07 Å². The molecule has 0 unspecified atom stereocenters. The van der Waals surface area contributed by atoms with Crippen LogP contribution in [0, 0.1) is 5.82 Å². The van der Waals surface area contributed by atoms with Crippen LogP contribution in [0.3, 0.4) is 0 Å². The first-order chi connectivity index (χ1) is 10.3. The Hall–Kier alpha value is -2.01. The molecule has 1 atom stereocenters. The van der Waals surface area contributed by atoms with E-state index in [0.29, 0.717) is 12.6 Å². The van der Waals surface area contributed by atoms with Gasteiger partial charge in [0.05, 0.1) is 6.20 Å². The summed E-state index contributed by atoms with van der Waals surface area (Å²) in [6.45, 7) is 2.56. The highest BCUT2D eigenvalue weighted by Gasteiger charge is 2.20. The van der Waals surface area contributed by atoms with Crippen molar-refractivity contribution in [2.45, 2.75) is 25.4 Å². The molecule has 0 saturated carbocycles. The zero-order valence-corrected chi connectivity index (χ0v) is 11.9. The first-order valence-corrected chi connectivity index (χ1v) is 7.29. The minimum atomic E-state index is -0.124. The number of rotatable bonds is 4. The topological polar surface area (TPSA) is 41.0 Å². The van der Waals surface area contributed by atoms with Crippen LogP contribution in [0.15, 0.2) is 42.9 Å². The average Bonchev–Trinajstić information content (AvgIpc) is 2.51. The summed E-state index contributed by atoms with van der Waals surface area (Å²) in [5, 5.41) is 3.40. The number of aromatic nitrogens is 2. The number of hydrogen-bond acceptors (Lipinski definition) is 4. The fourth-order valence-corrected chi connectivity index (χ4v) is 2.77. The van der Waals surface area contributed by atoms with Crippen molar-refractivity contribution in [2.24, 2.45) is 0 Å². The van der Waals surface area contributed by atoms with Gasteiger partial charge in [-0.1, -0.05) is 18.2 Å². The van der Waals surface area contributed by atoms with Crippen molar-refractivity contribution in [2.75, 3.05) is 18.4 Å². The van der Waals surface area contributed by atoms with Crippen LogP contribution < -0.4 is 5.32 Å². The van der Waals surface area contributed by atoms with Gasteiger partial charge < -0.3 is 5.32 Å². The number of anilines is 1. The van der Waals surface area contributed by atoms with E-state index in [4.69, 9.17) is 0 Å². The lowest BCUT2D eigenvalue weighted by atomic mass is 10.0. The lowest BCUT2D eigenvalue weighted by Gasteiger charge is -2.33. The summed E-state index contributed by atoms with van der Waals surface area (Å²) < 4.78 is 13.7. The van der Waals surface area contributed by atoms with Gasteiger partial charge in [-0.15, -0.1) is 0 Å². The third-order valence-electron chi connectivity index (χ3n) is 3.77. The Morgan fingerprint density at radius 1 is 1.29 bits per heavy atom. The molecular formula is C16H19FN4. The quantitative estimate of drug-likeness (QED) is 0.938. The van der Waals surface area contributed by atoms with Crippen molar-refractivity contribution in [1.29, 1.82) is 0 Å². The Labute approximate surface area is 124 Å². The summed E-state index contributed by atoms with van der Waals surface area (Å²) in [5.74, 6) is 0.678. The molecule has 5 heteroatoms. The number of nitrogens with zero attached hydrogens (tertiary/aromatic N) is 3. The molecular weight excluding hydrogens is 267 g/mol. The monoisotopic (exact) mass is 286 g/mol. The van der Waals surface area contributed by atoms with Gasteiger partial charge in [-0.2, -0.15) is 0 Å². The predicted molar refractivity (Wildman–Crippen MR) is 80.4 cm³/mol. The van der Waals surface area contributed by atoms with Gasteiger partial charge in [0, 0.05) is 37.1 Å². The first-order valence-electron chi connectivity index (χ1n) is 7.29. The maximum atomic E-state index is 13.7. The largest absolute Gasteiger partial charge is 0.365 e. The van der Waals surface area contributed by atoms with Crippen LogP contribution in [-0.4, -0.2) is 34.0 Å².